The van der Waals surface area contributed by atoms with E-state index in [-0.39, 0.29) is 5.92 Å². The van der Waals surface area contributed by atoms with E-state index in [2.05, 4.69) is 11.4 Å². The van der Waals surface area contributed by atoms with Crippen LogP contribution in [0, 0.1) is 11.8 Å². The zero-order valence-corrected chi connectivity index (χ0v) is 10.6. The van der Waals surface area contributed by atoms with Crippen LogP contribution in [-0.2, 0) is 9.84 Å². The molecule has 1 saturated heterocycles. The van der Waals surface area contributed by atoms with E-state index in [0.29, 0.717) is 17.4 Å². The Morgan fingerprint density at radius 1 is 1.53 bits per heavy atom. The number of likely N-dealkylation sites (N-methyl/N-ethyl adjacent to an activating group) is 1. The lowest BCUT2D eigenvalue weighted by Crippen LogP contribution is -2.34. The number of allylic oxidation sites excluding steroid dienone is 1. The highest BCUT2D eigenvalue weighted by Gasteiger charge is 2.31. The van der Waals surface area contributed by atoms with Gasteiger partial charge in [0.15, 0.2) is 9.84 Å². The van der Waals surface area contributed by atoms with Crippen molar-refractivity contribution in [2.24, 2.45) is 11.8 Å². The summed E-state index contributed by atoms with van der Waals surface area (Å²) >= 11 is 0. The fraction of sp³-hybridized carbons (Fsp3) is 0.818. The molecule has 1 heterocycles. The summed E-state index contributed by atoms with van der Waals surface area (Å²) in [5, 5.41) is 3.14. The Hall–Kier alpha value is -0.350. The molecule has 1 N–H and O–H groups in total. The highest BCUT2D eigenvalue weighted by molar-refractivity contribution is 7.91. The highest BCUT2D eigenvalue weighted by atomic mass is 32.2. The quantitative estimate of drug-likeness (QED) is 0.743. The third-order valence-electron chi connectivity index (χ3n) is 3.17. The summed E-state index contributed by atoms with van der Waals surface area (Å²) in [5.41, 5.74) is 1.35. The normalized spacial score (nSPS) is 31.5. The minimum Gasteiger partial charge on any atom is -0.316 e. The highest BCUT2D eigenvalue weighted by Crippen LogP contribution is 2.30. The van der Waals surface area contributed by atoms with Crippen LogP contribution in [0.2, 0.25) is 0 Å². The van der Waals surface area contributed by atoms with Gasteiger partial charge in [0.1, 0.15) is 0 Å². The summed E-state index contributed by atoms with van der Waals surface area (Å²) < 4.78 is 22.9. The van der Waals surface area contributed by atoms with Gasteiger partial charge in [-0.05, 0) is 32.2 Å². The summed E-state index contributed by atoms with van der Waals surface area (Å²) in [4.78, 5) is 0. The Kier molecular flexibility index (Phi) is 4.34. The first-order chi connectivity index (χ1) is 7.00. The lowest BCUT2D eigenvalue weighted by Gasteiger charge is -2.30. The molecule has 3 nitrogen and oxygen atoms in total. The van der Waals surface area contributed by atoms with Crippen LogP contribution >= 0.6 is 0 Å². The smallest absolute Gasteiger partial charge is 0.150 e. The number of hydrogen-bond acceptors (Lipinski definition) is 3. The Balaban J connectivity index is 2.73. The standard InChI is InChI=1S/C11H21NO2S/c1-4-10(7-12-3)11-5-6-15(13,14)8-9(11)2/h4,9,11-12H,5-8H2,1-3H3/b10-4+. The number of rotatable bonds is 3. The molecule has 0 spiro atoms. The minimum atomic E-state index is -2.77. The van der Waals surface area contributed by atoms with Crippen molar-refractivity contribution in [3.8, 4) is 0 Å². The molecule has 88 valence electrons. The average molecular weight is 231 g/mol. The third kappa shape index (κ3) is 3.31. The Labute approximate surface area is 92.9 Å². The molecule has 0 bridgehead atoms. The van der Waals surface area contributed by atoms with E-state index in [9.17, 15) is 8.42 Å². The van der Waals surface area contributed by atoms with Gasteiger partial charge in [0.05, 0.1) is 11.5 Å². The zero-order valence-electron chi connectivity index (χ0n) is 9.79. The van der Waals surface area contributed by atoms with E-state index in [1.54, 1.807) is 0 Å². The first-order valence-electron chi connectivity index (χ1n) is 5.50. The van der Waals surface area contributed by atoms with Crippen LogP contribution in [0.15, 0.2) is 11.6 Å². The number of nitrogens with one attached hydrogen (secondary N) is 1. The van der Waals surface area contributed by atoms with Gasteiger partial charge < -0.3 is 5.32 Å². The van der Waals surface area contributed by atoms with Crippen LogP contribution in [0.5, 0.6) is 0 Å². The Morgan fingerprint density at radius 3 is 2.67 bits per heavy atom. The maximum Gasteiger partial charge on any atom is 0.150 e. The van der Waals surface area contributed by atoms with Crippen LogP contribution in [0.25, 0.3) is 0 Å². The molecular formula is C11H21NO2S. The van der Waals surface area contributed by atoms with Crippen LogP contribution in [0.1, 0.15) is 20.3 Å². The molecule has 0 saturated carbocycles. The molecule has 0 aromatic carbocycles. The van der Waals surface area contributed by atoms with E-state index < -0.39 is 9.84 Å². The molecule has 0 aliphatic carbocycles. The maximum absolute atomic E-state index is 11.4. The predicted molar refractivity (Wildman–Crippen MR) is 63.6 cm³/mol. The van der Waals surface area contributed by atoms with Gasteiger partial charge in [0, 0.05) is 6.54 Å². The molecule has 1 aliphatic heterocycles. The summed E-state index contributed by atoms with van der Waals surface area (Å²) in [7, 11) is -0.845. The number of hydrogen-bond donors (Lipinski definition) is 1. The molecule has 1 fully saturated rings. The van der Waals surface area contributed by atoms with Crippen LogP contribution < -0.4 is 5.32 Å². The molecule has 15 heavy (non-hydrogen) atoms. The SMILES string of the molecule is C/C=C(\CNC)C1CCS(=O)(=O)CC1C. The van der Waals surface area contributed by atoms with Crippen molar-refractivity contribution in [1.82, 2.24) is 5.32 Å². The maximum atomic E-state index is 11.4. The third-order valence-corrected chi connectivity index (χ3v) is 5.06. The van der Waals surface area contributed by atoms with E-state index in [1.807, 2.05) is 20.9 Å². The second kappa shape index (κ2) is 5.12. The Bertz CT molecular complexity index is 332. The van der Waals surface area contributed by atoms with Crippen LogP contribution in [-0.4, -0.2) is 33.5 Å². The van der Waals surface area contributed by atoms with Gasteiger partial charge >= 0.3 is 0 Å². The molecule has 0 radical (unpaired) electrons. The summed E-state index contributed by atoms with van der Waals surface area (Å²) in [6.45, 7) is 4.94. The van der Waals surface area contributed by atoms with Crippen molar-refractivity contribution in [2.75, 3.05) is 25.1 Å². The summed E-state index contributed by atoms with van der Waals surface area (Å²) in [5.74, 6) is 1.39. The second-order valence-corrected chi connectivity index (χ2v) is 6.61. The first-order valence-corrected chi connectivity index (χ1v) is 7.32. The van der Waals surface area contributed by atoms with E-state index in [0.717, 1.165) is 13.0 Å². The molecule has 0 aromatic rings. The van der Waals surface area contributed by atoms with Crippen LogP contribution in [0.3, 0.4) is 0 Å². The molecule has 0 aromatic heterocycles. The van der Waals surface area contributed by atoms with Crippen molar-refractivity contribution in [2.45, 2.75) is 20.3 Å². The zero-order chi connectivity index (χ0) is 11.5. The lowest BCUT2D eigenvalue weighted by molar-refractivity contribution is 0.400. The largest absolute Gasteiger partial charge is 0.316 e. The van der Waals surface area contributed by atoms with Gasteiger partial charge in [0.2, 0.25) is 0 Å². The fourth-order valence-electron chi connectivity index (χ4n) is 2.39. The van der Waals surface area contributed by atoms with Crippen molar-refractivity contribution in [1.29, 1.82) is 0 Å². The molecule has 2 unspecified atom stereocenters. The molecule has 2 atom stereocenters. The monoisotopic (exact) mass is 231 g/mol. The van der Waals surface area contributed by atoms with Crippen molar-refractivity contribution in [3.63, 3.8) is 0 Å². The molecular weight excluding hydrogens is 210 g/mol. The first kappa shape index (κ1) is 12.7. The predicted octanol–water partition coefficient (Wildman–Crippen LogP) is 1.22. The van der Waals surface area contributed by atoms with E-state index in [1.165, 1.54) is 5.57 Å². The van der Waals surface area contributed by atoms with Gasteiger partial charge in [-0.25, -0.2) is 8.42 Å². The second-order valence-electron chi connectivity index (χ2n) is 4.38. The van der Waals surface area contributed by atoms with Crippen molar-refractivity contribution >= 4 is 9.84 Å². The Morgan fingerprint density at radius 2 is 2.20 bits per heavy atom. The van der Waals surface area contributed by atoms with Crippen LogP contribution in [0.4, 0.5) is 0 Å². The van der Waals surface area contributed by atoms with Crippen molar-refractivity contribution < 1.29 is 8.42 Å². The van der Waals surface area contributed by atoms with Gasteiger partial charge in [-0.2, -0.15) is 0 Å². The van der Waals surface area contributed by atoms with Gasteiger partial charge in [-0.15, -0.1) is 0 Å². The molecule has 4 heteroatoms. The molecule has 1 aliphatic rings. The lowest BCUT2D eigenvalue weighted by atomic mass is 9.85. The topological polar surface area (TPSA) is 46.2 Å². The van der Waals surface area contributed by atoms with Gasteiger partial charge in [-0.3, -0.25) is 0 Å². The number of sulfone groups is 1. The summed E-state index contributed by atoms with van der Waals surface area (Å²) in [6, 6.07) is 0. The summed E-state index contributed by atoms with van der Waals surface area (Å²) in [6.07, 6.45) is 2.90. The molecule has 1 rings (SSSR count). The fourth-order valence-corrected chi connectivity index (χ4v) is 4.21. The van der Waals surface area contributed by atoms with Gasteiger partial charge in [0.25, 0.3) is 0 Å². The average Bonchev–Trinajstić information content (AvgIpc) is 2.14. The van der Waals surface area contributed by atoms with Gasteiger partial charge in [-0.1, -0.05) is 18.6 Å². The minimum absolute atomic E-state index is 0.253. The molecule has 0 amide bonds. The van der Waals surface area contributed by atoms with Crippen molar-refractivity contribution in [3.05, 3.63) is 11.6 Å². The van der Waals surface area contributed by atoms with E-state index in [4.69, 9.17) is 0 Å². The van der Waals surface area contributed by atoms with E-state index >= 15 is 0 Å².